The van der Waals surface area contributed by atoms with E-state index in [1.165, 1.54) is 9.80 Å². The van der Waals surface area contributed by atoms with Crippen molar-refractivity contribution in [1.82, 2.24) is 10.2 Å². The minimum Gasteiger partial charge on any atom is -0.357 e. The van der Waals surface area contributed by atoms with Crippen molar-refractivity contribution in [3.8, 4) is 0 Å². The van der Waals surface area contributed by atoms with E-state index < -0.39 is 6.04 Å². The lowest BCUT2D eigenvalue weighted by Crippen LogP contribution is -2.47. The second kappa shape index (κ2) is 7.50. The lowest BCUT2D eigenvalue weighted by atomic mass is 10.1. The van der Waals surface area contributed by atoms with Gasteiger partial charge in [-0.15, -0.1) is 0 Å². The molecule has 7 nitrogen and oxygen atoms in total. The topological polar surface area (TPSA) is 86.8 Å². The van der Waals surface area contributed by atoms with E-state index in [1.54, 1.807) is 31.3 Å². The maximum absolute atomic E-state index is 13.0. The van der Waals surface area contributed by atoms with Crippen molar-refractivity contribution in [3.63, 3.8) is 0 Å². The summed E-state index contributed by atoms with van der Waals surface area (Å²) in [4.78, 5) is 52.8. The minimum absolute atomic E-state index is 0.134. The zero-order valence-corrected chi connectivity index (χ0v) is 16.1. The van der Waals surface area contributed by atoms with Crippen LogP contribution in [0.3, 0.4) is 0 Å². The van der Waals surface area contributed by atoms with Crippen molar-refractivity contribution in [3.05, 3.63) is 65.2 Å². The lowest BCUT2D eigenvalue weighted by Gasteiger charge is -2.24. The molecule has 2 heterocycles. The van der Waals surface area contributed by atoms with Crippen LogP contribution < -0.4 is 10.2 Å². The summed E-state index contributed by atoms with van der Waals surface area (Å²) in [5.41, 5.74) is 2.50. The lowest BCUT2D eigenvalue weighted by molar-refractivity contribution is -0.125. The smallest absolute Gasteiger partial charge is 0.261 e. The van der Waals surface area contributed by atoms with Crippen molar-refractivity contribution in [2.75, 3.05) is 18.5 Å². The number of nitrogens with one attached hydrogen (secondary N) is 1. The maximum Gasteiger partial charge on any atom is 0.261 e. The first-order chi connectivity index (χ1) is 14.0. The molecule has 29 heavy (non-hydrogen) atoms. The standard InChI is InChI=1S/C22H21N3O4/c1-23-20(27)18-13-14-7-2-5-10-17(14)25(18)19(26)11-6-12-24-21(28)15-8-3-4-9-16(15)22(24)29/h2-5,7-10,18H,6,11-13H2,1H3,(H,23,27). The van der Waals surface area contributed by atoms with E-state index in [9.17, 15) is 19.2 Å². The first-order valence-corrected chi connectivity index (χ1v) is 9.59. The number of rotatable bonds is 5. The van der Waals surface area contributed by atoms with Gasteiger partial charge in [0.1, 0.15) is 6.04 Å². The summed E-state index contributed by atoms with van der Waals surface area (Å²) in [5.74, 6) is -1.06. The predicted molar refractivity (Wildman–Crippen MR) is 107 cm³/mol. The molecule has 2 aromatic rings. The van der Waals surface area contributed by atoms with Crippen LogP contribution in [0.2, 0.25) is 0 Å². The highest BCUT2D eigenvalue weighted by atomic mass is 16.2. The Bertz CT molecular complexity index is 982. The summed E-state index contributed by atoms with van der Waals surface area (Å²) in [7, 11) is 1.55. The number of likely N-dealkylation sites (N-methyl/N-ethyl adjacent to an activating group) is 1. The van der Waals surface area contributed by atoms with Crippen LogP contribution in [0.25, 0.3) is 0 Å². The molecule has 0 saturated heterocycles. The molecule has 1 unspecified atom stereocenters. The van der Waals surface area contributed by atoms with Gasteiger partial charge in [-0.2, -0.15) is 0 Å². The number of hydrogen-bond acceptors (Lipinski definition) is 4. The van der Waals surface area contributed by atoms with Crippen molar-refractivity contribution in [2.24, 2.45) is 0 Å². The summed E-state index contributed by atoms with van der Waals surface area (Å²) in [5, 5.41) is 2.62. The highest BCUT2D eigenvalue weighted by Gasteiger charge is 2.38. The third-order valence-corrected chi connectivity index (χ3v) is 5.44. The predicted octanol–water partition coefficient (Wildman–Crippen LogP) is 1.77. The van der Waals surface area contributed by atoms with Gasteiger partial charge < -0.3 is 5.32 Å². The van der Waals surface area contributed by atoms with E-state index in [2.05, 4.69) is 5.32 Å². The van der Waals surface area contributed by atoms with Crippen LogP contribution in [0.4, 0.5) is 5.69 Å². The fourth-order valence-corrected chi connectivity index (χ4v) is 4.02. The SMILES string of the molecule is CNC(=O)C1Cc2ccccc2N1C(=O)CCCN1C(=O)c2ccccc2C1=O. The second-order valence-electron chi connectivity index (χ2n) is 7.14. The van der Waals surface area contributed by atoms with Crippen LogP contribution in [0, 0.1) is 0 Å². The molecule has 0 aromatic heterocycles. The van der Waals surface area contributed by atoms with Gasteiger partial charge in [0, 0.05) is 32.1 Å². The highest BCUT2D eigenvalue weighted by molar-refractivity contribution is 6.21. The third kappa shape index (κ3) is 3.18. The number of carbonyl (C=O) groups excluding carboxylic acids is 4. The molecule has 2 aromatic carbocycles. The van der Waals surface area contributed by atoms with E-state index in [0.717, 1.165) is 11.3 Å². The molecule has 0 saturated carbocycles. The van der Waals surface area contributed by atoms with Crippen LogP contribution in [-0.2, 0) is 16.0 Å². The first kappa shape index (κ1) is 18.9. The number of anilines is 1. The van der Waals surface area contributed by atoms with Crippen molar-refractivity contribution >= 4 is 29.3 Å². The summed E-state index contributed by atoms with van der Waals surface area (Å²) in [6, 6.07) is 13.6. The molecular weight excluding hydrogens is 370 g/mol. The Morgan fingerprint density at radius 1 is 1.00 bits per heavy atom. The van der Waals surface area contributed by atoms with Gasteiger partial charge in [-0.3, -0.25) is 29.0 Å². The number of imide groups is 1. The summed E-state index contributed by atoms with van der Waals surface area (Å²) < 4.78 is 0. The van der Waals surface area contributed by atoms with E-state index in [1.807, 2.05) is 24.3 Å². The second-order valence-corrected chi connectivity index (χ2v) is 7.14. The molecule has 4 rings (SSSR count). The molecule has 2 aliphatic rings. The van der Waals surface area contributed by atoms with Gasteiger partial charge in [0.05, 0.1) is 11.1 Å². The fourth-order valence-electron chi connectivity index (χ4n) is 4.02. The molecule has 4 amide bonds. The molecule has 0 spiro atoms. The fraction of sp³-hybridized carbons (Fsp3) is 0.273. The monoisotopic (exact) mass is 391 g/mol. The molecule has 1 N–H and O–H groups in total. The summed E-state index contributed by atoms with van der Waals surface area (Å²) >= 11 is 0. The molecule has 1 atom stereocenters. The molecule has 0 radical (unpaired) electrons. The molecule has 148 valence electrons. The van der Waals surface area contributed by atoms with Gasteiger partial charge in [0.2, 0.25) is 11.8 Å². The van der Waals surface area contributed by atoms with Crippen molar-refractivity contribution in [2.45, 2.75) is 25.3 Å². The normalized spacial score (nSPS) is 17.3. The van der Waals surface area contributed by atoms with Gasteiger partial charge in [0.25, 0.3) is 11.8 Å². The Hall–Kier alpha value is -3.48. The van der Waals surface area contributed by atoms with Crippen molar-refractivity contribution in [1.29, 1.82) is 0 Å². The molecule has 0 bridgehead atoms. The molecule has 2 aliphatic heterocycles. The molecular formula is C22H21N3O4. The first-order valence-electron chi connectivity index (χ1n) is 9.59. The summed E-state index contributed by atoms with van der Waals surface area (Å²) in [6.45, 7) is 0.165. The molecule has 7 heteroatoms. The number of fused-ring (bicyclic) bond motifs is 2. The highest BCUT2D eigenvalue weighted by Crippen LogP contribution is 2.33. The maximum atomic E-state index is 13.0. The van der Waals surface area contributed by atoms with Gasteiger partial charge in [-0.1, -0.05) is 30.3 Å². The van der Waals surface area contributed by atoms with Crippen LogP contribution >= 0.6 is 0 Å². The van der Waals surface area contributed by atoms with Crippen LogP contribution in [-0.4, -0.2) is 48.2 Å². The zero-order valence-electron chi connectivity index (χ0n) is 16.1. The van der Waals surface area contributed by atoms with Crippen LogP contribution in [0.15, 0.2) is 48.5 Å². The number of benzene rings is 2. The van der Waals surface area contributed by atoms with E-state index >= 15 is 0 Å². The molecule has 0 fully saturated rings. The van der Waals surface area contributed by atoms with E-state index in [4.69, 9.17) is 0 Å². The molecule has 0 aliphatic carbocycles. The van der Waals surface area contributed by atoms with Gasteiger partial charge in [-0.25, -0.2) is 0 Å². The Labute approximate surface area is 168 Å². The van der Waals surface area contributed by atoms with E-state index in [0.29, 0.717) is 24.0 Å². The number of para-hydroxylation sites is 1. The number of amides is 4. The average molecular weight is 391 g/mol. The Morgan fingerprint density at radius 3 is 2.28 bits per heavy atom. The Morgan fingerprint density at radius 2 is 1.62 bits per heavy atom. The number of hydrogen-bond donors (Lipinski definition) is 1. The summed E-state index contributed by atoms with van der Waals surface area (Å²) in [6.07, 6.45) is 0.943. The largest absolute Gasteiger partial charge is 0.357 e. The third-order valence-electron chi connectivity index (χ3n) is 5.44. The average Bonchev–Trinajstić information content (AvgIpc) is 3.25. The van der Waals surface area contributed by atoms with E-state index in [-0.39, 0.29) is 36.6 Å². The van der Waals surface area contributed by atoms with Gasteiger partial charge in [-0.05, 0) is 30.2 Å². The minimum atomic E-state index is -0.579. The number of carbonyl (C=O) groups is 4. The zero-order chi connectivity index (χ0) is 20.5. The number of nitrogens with zero attached hydrogens (tertiary/aromatic N) is 2. The van der Waals surface area contributed by atoms with Crippen molar-refractivity contribution < 1.29 is 19.2 Å². The van der Waals surface area contributed by atoms with Crippen LogP contribution in [0.1, 0.15) is 39.1 Å². The van der Waals surface area contributed by atoms with Gasteiger partial charge in [0.15, 0.2) is 0 Å². The van der Waals surface area contributed by atoms with Crippen LogP contribution in [0.5, 0.6) is 0 Å². The quantitative estimate of drug-likeness (QED) is 0.787. The Balaban J connectivity index is 1.44. The van der Waals surface area contributed by atoms with Gasteiger partial charge >= 0.3 is 0 Å². The Kier molecular flexibility index (Phi) is 4.88.